The molecule has 1 saturated carbocycles. The minimum absolute atomic E-state index is 0.0725. The number of aliphatic imine (C=N–C) groups is 1. The third kappa shape index (κ3) is 4.56. The molecule has 4 N–H and O–H groups in total. The molecule has 0 atom stereocenters. The molecule has 1 aliphatic rings. The molecule has 0 aliphatic heterocycles. The Hall–Kier alpha value is -1.38. The van der Waals surface area contributed by atoms with Gasteiger partial charge in [0.2, 0.25) is 10.0 Å². The zero-order valence-corrected chi connectivity index (χ0v) is 13.4. The van der Waals surface area contributed by atoms with Gasteiger partial charge in [-0.05, 0) is 37.5 Å². The summed E-state index contributed by atoms with van der Waals surface area (Å²) < 4.78 is 39.3. The first-order chi connectivity index (χ1) is 10.4. The summed E-state index contributed by atoms with van der Waals surface area (Å²) in [6.07, 6.45) is 3.33. The van der Waals surface area contributed by atoms with Gasteiger partial charge in [-0.25, -0.2) is 17.5 Å². The number of benzene rings is 1. The van der Waals surface area contributed by atoms with Crippen molar-refractivity contribution in [2.75, 3.05) is 13.1 Å². The summed E-state index contributed by atoms with van der Waals surface area (Å²) in [6.45, 7) is 0.271. The van der Waals surface area contributed by atoms with Crippen LogP contribution in [0.25, 0.3) is 0 Å². The van der Waals surface area contributed by atoms with E-state index in [9.17, 15) is 12.8 Å². The minimum Gasteiger partial charge on any atom is -0.370 e. The summed E-state index contributed by atoms with van der Waals surface area (Å²) in [5.74, 6) is -0.285. The number of nitrogens with zero attached hydrogens (tertiary/aromatic N) is 1. The standard InChI is InChI=1S/C13H18ClFN4O2S/c14-11-8-9(15)4-5-12(11)22(20,21)18-7-6-17-13(16)19-10-2-1-3-10/h4-5,8,10,18H,1-3,6-7H2,(H3,16,17,19). The van der Waals surface area contributed by atoms with E-state index in [1.807, 2.05) is 0 Å². The molecule has 0 aromatic heterocycles. The molecular formula is C13H18ClFN4O2S. The lowest BCUT2D eigenvalue weighted by molar-refractivity contribution is 0.382. The fraction of sp³-hybridized carbons (Fsp3) is 0.462. The Morgan fingerprint density at radius 2 is 2.18 bits per heavy atom. The smallest absolute Gasteiger partial charge is 0.242 e. The molecule has 1 fully saturated rings. The molecule has 2 rings (SSSR count). The Morgan fingerprint density at radius 3 is 2.77 bits per heavy atom. The van der Waals surface area contributed by atoms with Gasteiger partial charge in [0, 0.05) is 12.6 Å². The van der Waals surface area contributed by atoms with Crippen molar-refractivity contribution in [2.24, 2.45) is 10.7 Å². The van der Waals surface area contributed by atoms with E-state index in [0.29, 0.717) is 12.0 Å². The molecule has 1 aromatic rings. The molecule has 6 nitrogen and oxygen atoms in total. The van der Waals surface area contributed by atoms with E-state index in [1.54, 1.807) is 0 Å². The van der Waals surface area contributed by atoms with Gasteiger partial charge < -0.3 is 11.1 Å². The Kier molecular flexibility index (Phi) is 5.60. The van der Waals surface area contributed by atoms with Crippen LogP contribution in [-0.2, 0) is 10.0 Å². The van der Waals surface area contributed by atoms with Crippen LogP contribution in [0.2, 0.25) is 5.02 Å². The van der Waals surface area contributed by atoms with E-state index in [-0.39, 0.29) is 23.0 Å². The van der Waals surface area contributed by atoms with Crippen LogP contribution in [0.15, 0.2) is 28.1 Å². The highest BCUT2D eigenvalue weighted by molar-refractivity contribution is 7.89. The Bertz CT molecular complexity index is 662. The summed E-state index contributed by atoms with van der Waals surface area (Å²) in [5, 5.41) is 2.88. The normalized spacial score (nSPS) is 16.4. The predicted molar refractivity (Wildman–Crippen MR) is 83.9 cm³/mol. The Morgan fingerprint density at radius 1 is 1.45 bits per heavy atom. The largest absolute Gasteiger partial charge is 0.370 e. The number of hydrogen-bond donors (Lipinski definition) is 3. The van der Waals surface area contributed by atoms with Gasteiger partial charge in [-0.15, -0.1) is 0 Å². The van der Waals surface area contributed by atoms with Crippen molar-refractivity contribution in [3.8, 4) is 0 Å². The molecular weight excluding hydrogens is 331 g/mol. The van der Waals surface area contributed by atoms with Crippen LogP contribution in [0.5, 0.6) is 0 Å². The highest BCUT2D eigenvalue weighted by Gasteiger charge is 2.18. The average molecular weight is 349 g/mol. The lowest BCUT2D eigenvalue weighted by Gasteiger charge is -2.26. The monoisotopic (exact) mass is 348 g/mol. The predicted octanol–water partition coefficient (Wildman–Crippen LogP) is 1.21. The van der Waals surface area contributed by atoms with Gasteiger partial charge in [-0.3, -0.25) is 4.99 Å². The summed E-state index contributed by atoms with van der Waals surface area (Å²) in [5.41, 5.74) is 5.68. The second-order valence-corrected chi connectivity index (χ2v) is 7.15. The van der Waals surface area contributed by atoms with E-state index in [2.05, 4.69) is 15.0 Å². The SMILES string of the molecule is NC(=NCCNS(=O)(=O)c1ccc(F)cc1Cl)NC1CCC1. The van der Waals surface area contributed by atoms with Gasteiger partial charge >= 0.3 is 0 Å². The maximum Gasteiger partial charge on any atom is 0.242 e. The van der Waals surface area contributed by atoms with Crippen molar-refractivity contribution in [3.63, 3.8) is 0 Å². The zero-order valence-electron chi connectivity index (χ0n) is 11.9. The van der Waals surface area contributed by atoms with Gasteiger partial charge in [0.25, 0.3) is 0 Å². The third-order valence-corrected chi connectivity index (χ3v) is 5.27. The lowest BCUT2D eigenvalue weighted by Crippen LogP contribution is -2.44. The summed E-state index contributed by atoms with van der Waals surface area (Å²) in [6, 6.07) is 3.49. The number of nitrogens with one attached hydrogen (secondary N) is 2. The zero-order chi connectivity index (χ0) is 16.2. The van der Waals surface area contributed by atoms with Gasteiger partial charge in [-0.1, -0.05) is 11.6 Å². The van der Waals surface area contributed by atoms with Crippen molar-refractivity contribution in [3.05, 3.63) is 29.0 Å². The van der Waals surface area contributed by atoms with Crippen LogP contribution in [-0.4, -0.2) is 33.5 Å². The topological polar surface area (TPSA) is 96.6 Å². The van der Waals surface area contributed by atoms with E-state index < -0.39 is 15.8 Å². The Balaban J connectivity index is 1.85. The fourth-order valence-electron chi connectivity index (χ4n) is 1.93. The van der Waals surface area contributed by atoms with Crippen LogP contribution in [0.4, 0.5) is 4.39 Å². The highest BCUT2D eigenvalue weighted by atomic mass is 35.5. The third-order valence-electron chi connectivity index (χ3n) is 3.33. The minimum atomic E-state index is -3.80. The molecule has 0 amide bonds. The van der Waals surface area contributed by atoms with E-state index in [4.69, 9.17) is 17.3 Å². The molecule has 1 aromatic carbocycles. The number of rotatable bonds is 6. The van der Waals surface area contributed by atoms with Gasteiger partial charge in [0.15, 0.2) is 5.96 Å². The maximum atomic E-state index is 12.9. The van der Waals surface area contributed by atoms with Gasteiger partial charge in [-0.2, -0.15) is 0 Å². The van der Waals surface area contributed by atoms with Crippen LogP contribution in [0.3, 0.4) is 0 Å². The summed E-state index contributed by atoms with van der Waals surface area (Å²) in [4.78, 5) is 3.88. The van der Waals surface area contributed by atoms with Gasteiger partial charge in [0.1, 0.15) is 10.7 Å². The van der Waals surface area contributed by atoms with E-state index in [0.717, 1.165) is 31.0 Å². The van der Waals surface area contributed by atoms with Crippen LogP contribution in [0.1, 0.15) is 19.3 Å². The molecule has 22 heavy (non-hydrogen) atoms. The highest BCUT2D eigenvalue weighted by Crippen LogP contribution is 2.21. The molecule has 1 aliphatic carbocycles. The van der Waals surface area contributed by atoms with E-state index in [1.165, 1.54) is 6.42 Å². The first-order valence-electron chi connectivity index (χ1n) is 6.89. The molecule has 9 heteroatoms. The van der Waals surface area contributed by atoms with Gasteiger partial charge in [0.05, 0.1) is 11.6 Å². The molecule has 0 unspecified atom stereocenters. The fourth-order valence-corrected chi connectivity index (χ4v) is 3.48. The van der Waals surface area contributed by atoms with Crippen molar-refractivity contribution in [1.29, 1.82) is 0 Å². The summed E-state index contributed by atoms with van der Waals surface area (Å²) in [7, 11) is -3.80. The Labute approximate surface area is 134 Å². The quantitative estimate of drug-likeness (QED) is 0.409. The van der Waals surface area contributed by atoms with E-state index >= 15 is 0 Å². The molecule has 0 heterocycles. The molecule has 0 bridgehead atoms. The van der Waals surface area contributed by atoms with Crippen molar-refractivity contribution < 1.29 is 12.8 Å². The maximum absolute atomic E-state index is 12.9. The molecule has 0 spiro atoms. The second kappa shape index (κ2) is 7.26. The first kappa shape index (κ1) is 17.0. The number of guanidine groups is 1. The number of halogens is 2. The average Bonchev–Trinajstić information content (AvgIpc) is 2.38. The van der Waals surface area contributed by atoms with Crippen LogP contribution >= 0.6 is 11.6 Å². The van der Waals surface area contributed by atoms with Crippen molar-refractivity contribution in [1.82, 2.24) is 10.0 Å². The second-order valence-electron chi connectivity index (χ2n) is 5.01. The summed E-state index contributed by atoms with van der Waals surface area (Å²) >= 11 is 5.74. The molecule has 0 radical (unpaired) electrons. The lowest BCUT2D eigenvalue weighted by atomic mass is 9.93. The van der Waals surface area contributed by atoms with Crippen LogP contribution < -0.4 is 15.8 Å². The number of sulfonamides is 1. The molecule has 0 saturated heterocycles. The van der Waals surface area contributed by atoms with Crippen molar-refractivity contribution in [2.45, 2.75) is 30.2 Å². The molecule has 122 valence electrons. The first-order valence-corrected chi connectivity index (χ1v) is 8.76. The van der Waals surface area contributed by atoms with Crippen molar-refractivity contribution >= 4 is 27.6 Å². The number of nitrogens with two attached hydrogens (primary N) is 1. The number of hydrogen-bond acceptors (Lipinski definition) is 3. The van der Waals surface area contributed by atoms with Crippen LogP contribution in [0, 0.1) is 5.82 Å².